The van der Waals surface area contributed by atoms with Gasteiger partial charge in [0.05, 0.1) is 0 Å². The number of hydrogen-bond acceptors (Lipinski definition) is 0. The molecule has 1 heteroatoms. The van der Waals surface area contributed by atoms with E-state index in [1.807, 2.05) is 66.7 Å². The van der Waals surface area contributed by atoms with E-state index in [1.54, 1.807) is 0 Å². The van der Waals surface area contributed by atoms with Gasteiger partial charge in [0, 0.05) is 0 Å². The molecule has 0 nitrogen and oxygen atoms in total. The Labute approximate surface area is 212 Å². The third-order valence-corrected chi connectivity index (χ3v) is 5.73. The molecule has 166 valence electrons. The van der Waals surface area contributed by atoms with E-state index in [0.717, 1.165) is 12.8 Å². The summed E-state index contributed by atoms with van der Waals surface area (Å²) in [6, 6.07) is 32.1. The van der Waals surface area contributed by atoms with E-state index < -0.39 is 0 Å². The van der Waals surface area contributed by atoms with Gasteiger partial charge in [0.1, 0.15) is 0 Å². The van der Waals surface area contributed by atoms with Crippen LogP contribution in [-0.2, 0) is 34.6 Å². The average molecular weight is 459 g/mol. The van der Waals surface area contributed by atoms with Crippen molar-refractivity contribution in [2.24, 2.45) is 0 Å². The van der Waals surface area contributed by atoms with Crippen molar-refractivity contribution in [1.29, 1.82) is 0 Å². The van der Waals surface area contributed by atoms with Gasteiger partial charge in [-0.15, -0.1) is 0 Å². The molecule has 0 atom stereocenters. The van der Waals surface area contributed by atoms with Gasteiger partial charge in [-0.3, -0.25) is 0 Å². The summed E-state index contributed by atoms with van der Waals surface area (Å²) in [7, 11) is 0. The van der Waals surface area contributed by atoms with Crippen molar-refractivity contribution in [3.05, 3.63) is 130 Å². The van der Waals surface area contributed by atoms with E-state index in [2.05, 4.69) is 72.7 Å². The molecule has 0 aliphatic heterocycles. The van der Waals surface area contributed by atoms with Crippen LogP contribution in [0.5, 0.6) is 0 Å². The van der Waals surface area contributed by atoms with Gasteiger partial charge in [0.15, 0.2) is 0 Å². The van der Waals surface area contributed by atoms with E-state index in [0.29, 0.717) is 0 Å². The largest absolute Gasteiger partial charge is 4.00 e. The number of aryl methyl sites for hydroxylation is 2. The Kier molecular flexibility index (Phi) is 16.2. The predicted molar refractivity (Wildman–Crippen MR) is 137 cm³/mol. The zero-order valence-corrected chi connectivity index (χ0v) is 22.5. The molecule has 0 fully saturated rings. The summed E-state index contributed by atoms with van der Waals surface area (Å²) in [5, 5.41) is 0. The van der Waals surface area contributed by atoms with Crippen molar-refractivity contribution in [2.75, 3.05) is 0 Å². The smallest absolute Gasteiger partial charge is 0.214 e. The fraction of sp³-hybridized carbons (Fsp3) is 0.290. The van der Waals surface area contributed by atoms with Crippen LogP contribution in [0.3, 0.4) is 0 Å². The molecule has 0 radical (unpaired) electrons. The Morgan fingerprint density at radius 3 is 1.28 bits per heavy atom. The first-order chi connectivity index (χ1) is 14.9. The first kappa shape index (κ1) is 29.9. The van der Waals surface area contributed by atoms with E-state index in [-0.39, 0.29) is 21.7 Å². The molecule has 0 spiro atoms. The third kappa shape index (κ3) is 10.9. The van der Waals surface area contributed by atoms with E-state index >= 15 is 0 Å². The first-order valence-electron chi connectivity index (χ1n) is 11.2. The summed E-state index contributed by atoms with van der Waals surface area (Å²) >= 11 is 0. The minimum Gasteiger partial charge on any atom is -0.214 e. The van der Waals surface area contributed by atoms with Gasteiger partial charge in [-0.2, -0.15) is 118 Å². The maximum Gasteiger partial charge on any atom is 4.00 e. The molecule has 0 saturated carbocycles. The van der Waals surface area contributed by atoms with Gasteiger partial charge in [-0.25, -0.2) is 12.1 Å². The van der Waals surface area contributed by atoms with Gasteiger partial charge in [-0.05, 0) is 0 Å². The van der Waals surface area contributed by atoms with Crippen molar-refractivity contribution in [1.82, 2.24) is 0 Å². The minimum absolute atomic E-state index is 0. The van der Waals surface area contributed by atoms with Crippen LogP contribution in [0.2, 0.25) is 0 Å². The molecule has 32 heavy (non-hydrogen) atoms. The fourth-order valence-corrected chi connectivity index (χ4v) is 3.03. The molecule has 4 aromatic carbocycles. The molecule has 0 N–H and O–H groups in total. The molecule has 0 unspecified atom stereocenters. The Morgan fingerprint density at radius 1 is 0.719 bits per heavy atom. The van der Waals surface area contributed by atoms with Crippen LogP contribution in [0, 0.1) is 46.8 Å². The van der Waals surface area contributed by atoms with Crippen molar-refractivity contribution in [2.45, 2.75) is 61.3 Å². The summed E-state index contributed by atoms with van der Waals surface area (Å²) in [5.74, 6) is 0. The molecular weight excluding hydrogens is 420 g/mol. The maximum absolute atomic E-state index is 3.01. The standard InChI is InChI=1S/C10H15.2C8H9.C5H5.Ti/c1-6-7(2)9(4)10(5)8(6)3;2*1-2-8-6-4-3-5-7-8;1-2-4-5-3-1;/h1-5H3;2*3-4,6-7H,2H2,1H3;1-5H;/q4*-1;+4. The molecule has 0 bridgehead atoms. The first-order valence-corrected chi connectivity index (χ1v) is 11.2. The zero-order valence-electron chi connectivity index (χ0n) is 20.9. The van der Waals surface area contributed by atoms with Crippen LogP contribution in [0.15, 0.2) is 78.9 Å². The predicted octanol–water partition coefficient (Wildman–Crippen LogP) is 8.45. The average Bonchev–Trinajstić information content (AvgIpc) is 3.48. The van der Waals surface area contributed by atoms with Gasteiger partial charge >= 0.3 is 21.7 Å². The molecular formula is C31H38Ti. The van der Waals surface area contributed by atoms with Gasteiger partial charge < -0.3 is 0 Å². The Morgan fingerprint density at radius 2 is 1.12 bits per heavy atom. The quantitative estimate of drug-likeness (QED) is 0.209. The van der Waals surface area contributed by atoms with E-state index in [4.69, 9.17) is 0 Å². The second-order valence-corrected chi connectivity index (χ2v) is 7.62. The molecule has 0 aliphatic rings. The minimum atomic E-state index is 0. The molecule has 0 saturated heterocycles. The van der Waals surface area contributed by atoms with Crippen LogP contribution in [0.1, 0.15) is 52.8 Å². The molecule has 0 heterocycles. The van der Waals surface area contributed by atoms with E-state index in [9.17, 15) is 0 Å². The van der Waals surface area contributed by atoms with Crippen LogP contribution < -0.4 is 0 Å². The normalized spacial score (nSPS) is 9.09. The Hall–Kier alpha value is -2.15. The van der Waals surface area contributed by atoms with Crippen molar-refractivity contribution >= 4 is 0 Å². The molecule has 0 amide bonds. The van der Waals surface area contributed by atoms with Crippen LogP contribution in [-0.4, -0.2) is 0 Å². The zero-order chi connectivity index (χ0) is 23.1. The summed E-state index contributed by atoms with van der Waals surface area (Å²) in [5.41, 5.74) is 10.0. The molecule has 4 aromatic rings. The van der Waals surface area contributed by atoms with Crippen LogP contribution >= 0.6 is 0 Å². The second kappa shape index (κ2) is 17.4. The van der Waals surface area contributed by atoms with Crippen molar-refractivity contribution in [3.8, 4) is 0 Å². The summed E-state index contributed by atoms with van der Waals surface area (Å²) in [6.45, 7) is 15.3. The van der Waals surface area contributed by atoms with Gasteiger partial charge in [0.25, 0.3) is 0 Å². The number of hydrogen-bond donors (Lipinski definition) is 0. The number of benzene rings is 2. The third-order valence-electron chi connectivity index (χ3n) is 5.73. The second-order valence-electron chi connectivity index (χ2n) is 7.62. The Bertz CT molecular complexity index is 792. The van der Waals surface area contributed by atoms with Crippen LogP contribution in [0.25, 0.3) is 0 Å². The summed E-state index contributed by atoms with van der Waals surface area (Å²) in [4.78, 5) is 0. The van der Waals surface area contributed by atoms with Crippen molar-refractivity contribution < 1.29 is 21.7 Å². The van der Waals surface area contributed by atoms with Gasteiger partial charge in [-0.1, -0.05) is 61.3 Å². The topological polar surface area (TPSA) is 0 Å². The SMILES string of the molecule is CCc1c[c-]ccc1.CCc1c[c-]ccc1.Cc1c(C)c(C)[c-](C)c1C.[Ti+4].c1cc[cH-]c1. The van der Waals surface area contributed by atoms with E-state index in [1.165, 1.54) is 38.9 Å². The molecule has 4 rings (SSSR count). The molecule has 0 aromatic heterocycles. The summed E-state index contributed by atoms with van der Waals surface area (Å²) < 4.78 is 0. The van der Waals surface area contributed by atoms with Gasteiger partial charge in [0.2, 0.25) is 0 Å². The maximum atomic E-state index is 3.01. The molecule has 0 aliphatic carbocycles. The van der Waals surface area contributed by atoms with Crippen molar-refractivity contribution in [3.63, 3.8) is 0 Å². The number of rotatable bonds is 2. The fourth-order valence-electron chi connectivity index (χ4n) is 3.03. The van der Waals surface area contributed by atoms with Crippen LogP contribution in [0.4, 0.5) is 0 Å². The summed E-state index contributed by atoms with van der Waals surface area (Å²) in [6.07, 6.45) is 2.22. The Balaban J connectivity index is 0.000000405. The monoisotopic (exact) mass is 458 g/mol.